The van der Waals surface area contributed by atoms with Gasteiger partial charge in [0, 0.05) is 49.7 Å². The highest BCUT2D eigenvalue weighted by atomic mass is 16.5. The Hall–Kier alpha value is -3.68. The number of nitrogens with one attached hydrogen (secondary N) is 2. The molecule has 0 saturated carbocycles. The number of anilines is 2. The highest BCUT2D eigenvalue weighted by molar-refractivity contribution is 6.04. The van der Waals surface area contributed by atoms with Gasteiger partial charge in [-0.2, -0.15) is 0 Å². The average Bonchev–Trinajstić information content (AvgIpc) is 2.87. The van der Waals surface area contributed by atoms with Crippen molar-refractivity contribution in [1.82, 2.24) is 9.80 Å². The molecule has 1 aliphatic heterocycles. The Morgan fingerprint density at radius 3 is 2.00 bits per heavy atom. The van der Waals surface area contributed by atoms with Gasteiger partial charge in [0.1, 0.15) is 5.75 Å². The second-order valence-corrected chi connectivity index (χ2v) is 8.35. The van der Waals surface area contributed by atoms with Crippen LogP contribution >= 0.6 is 0 Å². The summed E-state index contributed by atoms with van der Waals surface area (Å²) in [5.41, 5.74) is 3.19. The van der Waals surface area contributed by atoms with Crippen LogP contribution in [0.15, 0.2) is 78.9 Å². The maximum Gasteiger partial charge on any atom is 0.255 e. The Morgan fingerprint density at radius 2 is 1.35 bits per heavy atom. The summed E-state index contributed by atoms with van der Waals surface area (Å²) in [5, 5.41) is 5.78. The lowest BCUT2D eigenvalue weighted by Gasteiger charge is -2.34. The van der Waals surface area contributed by atoms with Gasteiger partial charge in [0.05, 0.1) is 13.7 Å². The normalized spacial score (nSPS) is 14.4. The molecule has 2 N–H and O–H groups in total. The van der Waals surface area contributed by atoms with Gasteiger partial charge in [-0.3, -0.25) is 19.4 Å². The first-order valence-corrected chi connectivity index (χ1v) is 11.4. The van der Waals surface area contributed by atoms with E-state index >= 15 is 0 Å². The maximum atomic E-state index is 12.5. The molecule has 2 amide bonds. The molecule has 0 aromatic heterocycles. The number of rotatable bonds is 8. The monoisotopic (exact) mass is 458 g/mol. The van der Waals surface area contributed by atoms with Crippen molar-refractivity contribution in [2.75, 3.05) is 50.5 Å². The van der Waals surface area contributed by atoms with Crippen molar-refractivity contribution in [2.24, 2.45) is 0 Å². The van der Waals surface area contributed by atoms with Gasteiger partial charge in [0.25, 0.3) is 5.91 Å². The van der Waals surface area contributed by atoms with Crippen molar-refractivity contribution < 1.29 is 14.3 Å². The minimum absolute atomic E-state index is 0.0491. The number of ether oxygens (including phenoxy) is 1. The first-order chi connectivity index (χ1) is 16.6. The predicted molar refractivity (Wildman–Crippen MR) is 134 cm³/mol. The minimum Gasteiger partial charge on any atom is -0.497 e. The molecule has 7 nitrogen and oxygen atoms in total. The SMILES string of the molecule is COc1ccc(NC(=O)c2ccc(NC(=O)CN3CCN(Cc4ccccc4)CC3)cc2)cc1. The van der Waals surface area contributed by atoms with Crippen LogP contribution in [0.1, 0.15) is 15.9 Å². The van der Waals surface area contributed by atoms with E-state index in [4.69, 9.17) is 4.74 Å². The summed E-state index contributed by atoms with van der Waals surface area (Å²) in [7, 11) is 1.60. The second kappa shape index (κ2) is 11.4. The molecule has 0 atom stereocenters. The largest absolute Gasteiger partial charge is 0.497 e. The Bertz CT molecular complexity index is 1080. The summed E-state index contributed by atoms with van der Waals surface area (Å²) < 4.78 is 5.13. The summed E-state index contributed by atoms with van der Waals surface area (Å²) in [6.45, 7) is 4.92. The summed E-state index contributed by atoms with van der Waals surface area (Å²) in [6.07, 6.45) is 0. The van der Waals surface area contributed by atoms with Crippen LogP contribution in [0.2, 0.25) is 0 Å². The molecule has 0 unspecified atom stereocenters. The molecule has 4 rings (SSSR count). The molecule has 176 valence electrons. The van der Waals surface area contributed by atoms with Gasteiger partial charge in [0.2, 0.25) is 5.91 Å². The summed E-state index contributed by atoms with van der Waals surface area (Å²) in [6, 6.07) is 24.5. The fourth-order valence-corrected chi connectivity index (χ4v) is 3.93. The number of piperazine rings is 1. The van der Waals surface area contributed by atoms with Gasteiger partial charge in [-0.25, -0.2) is 0 Å². The fourth-order valence-electron chi connectivity index (χ4n) is 3.93. The molecule has 1 heterocycles. The Morgan fingerprint density at radius 1 is 0.765 bits per heavy atom. The van der Waals surface area contributed by atoms with Crippen LogP contribution < -0.4 is 15.4 Å². The van der Waals surface area contributed by atoms with Crippen LogP contribution in [0.25, 0.3) is 0 Å². The molecule has 3 aromatic carbocycles. The predicted octanol–water partition coefficient (Wildman–Crippen LogP) is 3.70. The average molecular weight is 459 g/mol. The molecule has 0 spiro atoms. The van der Waals surface area contributed by atoms with E-state index in [9.17, 15) is 9.59 Å². The molecular weight excluding hydrogens is 428 g/mol. The fraction of sp³-hybridized carbons (Fsp3) is 0.259. The van der Waals surface area contributed by atoms with E-state index in [0.717, 1.165) is 38.5 Å². The first kappa shape index (κ1) is 23.5. The standard InChI is InChI=1S/C27H30N4O3/c1-34-25-13-11-24(12-14-25)29-27(33)22-7-9-23(10-8-22)28-26(32)20-31-17-15-30(16-18-31)19-21-5-3-2-4-6-21/h2-14H,15-20H2,1H3,(H,28,32)(H,29,33). The lowest BCUT2D eigenvalue weighted by molar-refractivity contribution is -0.117. The van der Waals surface area contributed by atoms with Crippen LogP contribution in [0.5, 0.6) is 5.75 Å². The van der Waals surface area contributed by atoms with Crippen LogP contribution in [-0.4, -0.2) is 61.4 Å². The van der Waals surface area contributed by atoms with Crippen LogP contribution in [-0.2, 0) is 11.3 Å². The van der Waals surface area contributed by atoms with E-state index in [-0.39, 0.29) is 11.8 Å². The molecule has 7 heteroatoms. The van der Waals surface area contributed by atoms with E-state index < -0.39 is 0 Å². The van der Waals surface area contributed by atoms with Crippen molar-refractivity contribution >= 4 is 23.2 Å². The van der Waals surface area contributed by atoms with Crippen molar-refractivity contribution in [3.8, 4) is 5.75 Å². The maximum absolute atomic E-state index is 12.5. The summed E-state index contributed by atoms with van der Waals surface area (Å²) in [5.74, 6) is 0.468. The topological polar surface area (TPSA) is 73.9 Å². The zero-order valence-corrected chi connectivity index (χ0v) is 19.4. The summed E-state index contributed by atoms with van der Waals surface area (Å²) >= 11 is 0. The molecule has 0 radical (unpaired) electrons. The minimum atomic E-state index is -0.212. The zero-order valence-electron chi connectivity index (χ0n) is 19.4. The lowest BCUT2D eigenvalue weighted by atomic mass is 10.2. The van der Waals surface area contributed by atoms with Crippen molar-refractivity contribution in [3.63, 3.8) is 0 Å². The number of nitrogens with zero attached hydrogens (tertiary/aromatic N) is 2. The first-order valence-electron chi connectivity index (χ1n) is 11.4. The van der Waals surface area contributed by atoms with Crippen molar-refractivity contribution in [3.05, 3.63) is 90.0 Å². The zero-order chi connectivity index (χ0) is 23.8. The van der Waals surface area contributed by atoms with Crippen LogP contribution in [0.4, 0.5) is 11.4 Å². The van der Waals surface area contributed by atoms with Gasteiger partial charge in [0.15, 0.2) is 0 Å². The number of benzene rings is 3. The highest BCUT2D eigenvalue weighted by Gasteiger charge is 2.19. The quantitative estimate of drug-likeness (QED) is 0.539. The van der Waals surface area contributed by atoms with Gasteiger partial charge < -0.3 is 15.4 Å². The third-order valence-electron chi connectivity index (χ3n) is 5.86. The number of hydrogen-bond acceptors (Lipinski definition) is 5. The number of carbonyl (C=O) groups is 2. The molecular formula is C27H30N4O3. The Kier molecular flexibility index (Phi) is 7.91. The van der Waals surface area contributed by atoms with Crippen molar-refractivity contribution in [1.29, 1.82) is 0 Å². The van der Waals surface area contributed by atoms with E-state index in [2.05, 4.69) is 44.7 Å². The number of amides is 2. The van der Waals surface area contributed by atoms with E-state index in [1.165, 1.54) is 5.56 Å². The molecule has 1 saturated heterocycles. The Balaban J connectivity index is 1.21. The number of hydrogen-bond donors (Lipinski definition) is 2. The molecule has 1 aliphatic rings. The molecule has 1 fully saturated rings. The van der Waals surface area contributed by atoms with Gasteiger partial charge in [-0.05, 0) is 54.1 Å². The van der Waals surface area contributed by atoms with Gasteiger partial charge in [-0.1, -0.05) is 30.3 Å². The number of carbonyl (C=O) groups excluding carboxylic acids is 2. The highest BCUT2D eigenvalue weighted by Crippen LogP contribution is 2.17. The van der Waals surface area contributed by atoms with Crippen LogP contribution in [0.3, 0.4) is 0 Å². The molecule has 0 bridgehead atoms. The third kappa shape index (κ3) is 6.66. The van der Waals surface area contributed by atoms with E-state index in [1.807, 2.05) is 6.07 Å². The van der Waals surface area contributed by atoms with Crippen molar-refractivity contribution in [2.45, 2.75) is 6.54 Å². The van der Waals surface area contributed by atoms with Gasteiger partial charge >= 0.3 is 0 Å². The summed E-state index contributed by atoms with van der Waals surface area (Å²) in [4.78, 5) is 29.6. The van der Waals surface area contributed by atoms with Crippen LogP contribution in [0, 0.1) is 0 Å². The third-order valence-corrected chi connectivity index (χ3v) is 5.86. The van der Waals surface area contributed by atoms with E-state index in [0.29, 0.717) is 23.5 Å². The Labute approximate surface area is 200 Å². The lowest BCUT2D eigenvalue weighted by Crippen LogP contribution is -2.48. The smallest absolute Gasteiger partial charge is 0.255 e. The molecule has 34 heavy (non-hydrogen) atoms. The molecule has 3 aromatic rings. The van der Waals surface area contributed by atoms with Gasteiger partial charge in [-0.15, -0.1) is 0 Å². The number of methoxy groups -OCH3 is 1. The second-order valence-electron chi connectivity index (χ2n) is 8.35. The van der Waals surface area contributed by atoms with E-state index in [1.54, 1.807) is 55.6 Å². The molecule has 0 aliphatic carbocycles.